The van der Waals surface area contributed by atoms with Crippen molar-refractivity contribution < 1.29 is 0 Å². The Hall–Kier alpha value is -6.78. The molecule has 3 aromatic heterocycles. The number of benzene rings is 6. The first kappa shape index (κ1) is 29.4. The van der Waals surface area contributed by atoms with Crippen LogP contribution in [0.25, 0.3) is 88.8 Å². The Bertz CT molecular complexity index is 2510. The van der Waals surface area contributed by atoms with E-state index in [0.29, 0.717) is 5.82 Å². The van der Waals surface area contributed by atoms with E-state index in [9.17, 15) is 0 Å². The van der Waals surface area contributed by atoms with Gasteiger partial charge in [-0.1, -0.05) is 127 Å². The molecule has 0 spiro atoms. The Morgan fingerprint density at radius 2 is 0.840 bits per heavy atom. The minimum absolute atomic E-state index is 0.678. The minimum Gasteiger partial charge on any atom is -0.264 e. The van der Waals surface area contributed by atoms with E-state index in [1.807, 2.05) is 24.5 Å². The van der Waals surface area contributed by atoms with E-state index < -0.39 is 0 Å². The quantitative estimate of drug-likeness (QED) is 0.170. The van der Waals surface area contributed by atoms with Gasteiger partial charge in [-0.2, -0.15) is 0 Å². The number of hydrogen-bond acceptors (Lipinski definition) is 4. The molecule has 6 aromatic carbocycles. The van der Waals surface area contributed by atoms with Crippen LogP contribution >= 0.6 is 0 Å². The normalized spacial score (nSPS) is 11.2. The maximum atomic E-state index is 5.18. The molecule has 0 bridgehead atoms. The Labute approximate surface area is 290 Å². The SMILES string of the molecule is c1cncc(-c2ccc(-c3cc(-c4ccc(-c5cccnc5)cc4)nc(-c4cccc(-c5cc6ccccc6c6ccccc56)c4)n3)cc2)c1. The molecule has 0 unspecified atom stereocenters. The fourth-order valence-electron chi connectivity index (χ4n) is 6.72. The lowest BCUT2D eigenvalue weighted by atomic mass is 9.92. The monoisotopic (exact) mass is 638 g/mol. The van der Waals surface area contributed by atoms with Gasteiger partial charge < -0.3 is 0 Å². The van der Waals surface area contributed by atoms with E-state index in [2.05, 4.69) is 156 Å². The Kier molecular flexibility index (Phi) is 7.45. The van der Waals surface area contributed by atoms with Gasteiger partial charge in [0.15, 0.2) is 5.82 Å². The van der Waals surface area contributed by atoms with Crippen LogP contribution in [0.3, 0.4) is 0 Å². The van der Waals surface area contributed by atoms with Crippen molar-refractivity contribution in [3.05, 3.63) is 183 Å². The summed E-state index contributed by atoms with van der Waals surface area (Å²) >= 11 is 0. The van der Waals surface area contributed by atoms with E-state index in [1.54, 1.807) is 12.4 Å². The minimum atomic E-state index is 0.678. The average Bonchev–Trinajstić information content (AvgIpc) is 3.21. The van der Waals surface area contributed by atoms with Crippen LogP contribution in [0.2, 0.25) is 0 Å². The van der Waals surface area contributed by atoms with Crippen LogP contribution in [0.4, 0.5) is 0 Å². The highest BCUT2D eigenvalue weighted by molar-refractivity contribution is 6.13. The second-order valence-corrected chi connectivity index (χ2v) is 12.4. The Morgan fingerprint density at radius 1 is 0.320 bits per heavy atom. The summed E-state index contributed by atoms with van der Waals surface area (Å²) in [6.07, 6.45) is 7.36. The molecule has 0 aliphatic rings. The van der Waals surface area contributed by atoms with Crippen molar-refractivity contribution >= 4 is 21.5 Å². The predicted molar refractivity (Wildman–Crippen MR) is 205 cm³/mol. The molecule has 4 nitrogen and oxygen atoms in total. The van der Waals surface area contributed by atoms with Gasteiger partial charge in [-0.15, -0.1) is 0 Å². The molecule has 0 saturated carbocycles. The number of hydrogen-bond donors (Lipinski definition) is 0. The summed E-state index contributed by atoms with van der Waals surface area (Å²) in [6.45, 7) is 0. The van der Waals surface area contributed by atoms with Gasteiger partial charge in [-0.05, 0) is 85.3 Å². The molecular weight excluding hydrogens is 609 g/mol. The molecule has 9 aromatic rings. The second kappa shape index (κ2) is 12.7. The number of rotatable bonds is 6. The van der Waals surface area contributed by atoms with Crippen molar-refractivity contribution in [3.63, 3.8) is 0 Å². The van der Waals surface area contributed by atoms with Crippen LogP contribution < -0.4 is 0 Å². The zero-order chi connectivity index (χ0) is 33.3. The Morgan fingerprint density at radius 3 is 1.44 bits per heavy atom. The van der Waals surface area contributed by atoms with Crippen molar-refractivity contribution in [2.75, 3.05) is 0 Å². The molecule has 0 fully saturated rings. The van der Waals surface area contributed by atoms with Crippen LogP contribution in [0, 0.1) is 0 Å². The molecule has 3 heterocycles. The van der Waals surface area contributed by atoms with Crippen LogP contribution in [0.15, 0.2) is 183 Å². The summed E-state index contributed by atoms with van der Waals surface area (Å²) in [7, 11) is 0. The summed E-state index contributed by atoms with van der Waals surface area (Å²) in [5.74, 6) is 0.678. The molecule has 0 N–H and O–H groups in total. The highest BCUT2D eigenvalue weighted by Crippen LogP contribution is 2.37. The van der Waals surface area contributed by atoms with Crippen LogP contribution in [-0.2, 0) is 0 Å². The molecule has 0 aliphatic heterocycles. The Balaban J connectivity index is 1.17. The van der Waals surface area contributed by atoms with Gasteiger partial charge in [0.1, 0.15) is 0 Å². The van der Waals surface area contributed by atoms with Crippen LogP contribution in [0.1, 0.15) is 0 Å². The highest BCUT2D eigenvalue weighted by Gasteiger charge is 2.14. The molecule has 234 valence electrons. The third kappa shape index (κ3) is 5.59. The fraction of sp³-hybridized carbons (Fsp3) is 0. The van der Waals surface area contributed by atoms with Crippen molar-refractivity contribution in [1.29, 1.82) is 0 Å². The van der Waals surface area contributed by atoms with Gasteiger partial charge in [0.25, 0.3) is 0 Å². The second-order valence-electron chi connectivity index (χ2n) is 12.4. The molecule has 0 saturated heterocycles. The third-order valence-electron chi connectivity index (χ3n) is 9.28. The van der Waals surface area contributed by atoms with E-state index in [0.717, 1.165) is 55.9 Å². The van der Waals surface area contributed by atoms with Gasteiger partial charge in [-0.3, -0.25) is 9.97 Å². The molecular formula is C46H30N4. The van der Waals surface area contributed by atoms with Crippen LogP contribution in [-0.4, -0.2) is 19.9 Å². The number of nitrogens with zero attached hydrogens (tertiary/aromatic N) is 4. The highest BCUT2D eigenvalue weighted by atomic mass is 14.9. The van der Waals surface area contributed by atoms with Crippen LogP contribution in [0.5, 0.6) is 0 Å². The zero-order valence-electron chi connectivity index (χ0n) is 27.1. The maximum Gasteiger partial charge on any atom is 0.160 e. The zero-order valence-corrected chi connectivity index (χ0v) is 27.1. The van der Waals surface area contributed by atoms with Gasteiger partial charge in [0.05, 0.1) is 11.4 Å². The lowest BCUT2D eigenvalue weighted by Gasteiger charge is -2.13. The topological polar surface area (TPSA) is 51.6 Å². The first-order valence-corrected chi connectivity index (χ1v) is 16.7. The van der Waals surface area contributed by atoms with Gasteiger partial charge in [0, 0.05) is 41.5 Å². The maximum absolute atomic E-state index is 5.18. The first-order valence-electron chi connectivity index (χ1n) is 16.7. The summed E-state index contributed by atoms with van der Waals surface area (Å²) in [4.78, 5) is 19.0. The van der Waals surface area contributed by atoms with Crippen molar-refractivity contribution in [1.82, 2.24) is 19.9 Å². The molecule has 50 heavy (non-hydrogen) atoms. The molecule has 0 radical (unpaired) electrons. The van der Waals surface area contributed by atoms with Crippen molar-refractivity contribution in [2.45, 2.75) is 0 Å². The smallest absolute Gasteiger partial charge is 0.160 e. The number of fused-ring (bicyclic) bond motifs is 3. The van der Waals surface area contributed by atoms with Gasteiger partial charge in [0.2, 0.25) is 0 Å². The molecule has 4 heteroatoms. The molecule has 0 amide bonds. The largest absolute Gasteiger partial charge is 0.264 e. The van der Waals surface area contributed by atoms with Gasteiger partial charge >= 0.3 is 0 Å². The lowest BCUT2D eigenvalue weighted by molar-refractivity contribution is 1.18. The van der Waals surface area contributed by atoms with Gasteiger partial charge in [-0.25, -0.2) is 9.97 Å². The molecule has 9 rings (SSSR count). The number of pyridine rings is 2. The first-order chi connectivity index (χ1) is 24.8. The van der Waals surface area contributed by atoms with E-state index in [-0.39, 0.29) is 0 Å². The molecule has 0 atom stereocenters. The summed E-state index contributed by atoms with van der Waals surface area (Å²) in [6, 6.07) is 55.3. The summed E-state index contributed by atoms with van der Waals surface area (Å²) in [5.41, 5.74) is 11.4. The van der Waals surface area contributed by atoms with E-state index in [1.165, 1.54) is 27.1 Å². The average molecular weight is 639 g/mol. The fourth-order valence-corrected chi connectivity index (χ4v) is 6.72. The lowest BCUT2D eigenvalue weighted by Crippen LogP contribution is -1.96. The van der Waals surface area contributed by atoms with Crippen molar-refractivity contribution in [2.24, 2.45) is 0 Å². The third-order valence-corrected chi connectivity index (χ3v) is 9.28. The molecule has 0 aliphatic carbocycles. The standard InChI is InChI=1S/C46H30N4/c1-2-13-40-36(8-1)27-43(42-15-4-3-14-41(40)42)35-9-5-10-37(26-35)46-49-44(33-20-16-31(17-21-33)38-11-6-24-47-29-38)28-45(50-46)34-22-18-32(19-23-34)39-12-7-25-48-30-39/h1-30H. The summed E-state index contributed by atoms with van der Waals surface area (Å²) < 4.78 is 0. The van der Waals surface area contributed by atoms with E-state index in [4.69, 9.17) is 9.97 Å². The summed E-state index contributed by atoms with van der Waals surface area (Å²) in [5, 5.41) is 4.95. The predicted octanol–water partition coefficient (Wildman–Crippen LogP) is 11.6. The van der Waals surface area contributed by atoms with Crippen molar-refractivity contribution in [3.8, 4) is 67.3 Å². The number of aromatic nitrogens is 4. The van der Waals surface area contributed by atoms with E-state index >= 15 is 0 Å².